The maximum absolute atomic E-state index is 11.6. The maximum atomic E-state index is 11.6. The molecule has 0 amide bonds. The van der Waals surface area contributed by atoms with Gasteiger partial charge in [-0.05, 0) is 38.8 Å². The number of likely N-dealkylation sites (tertiary alicyclic amines) is 1. The first-order valence-electron chi connectivity index (χ1n) is 8.16. The molecule has 2 heterocycles. The Morgan fingerprint density at radius 1 is 1.46 bits per heavy atom. The SMILES string of the molecule is COC(=O)c1oc(CN2CCCC[C@H]2CCNS(C)(=O)=O)cc1C. The Labute approximate surface area is 143 Å². The third kappa shape index (κ3) is 5.32. The average molecular weight is 358 g/mol. The van der Waals surface area contributed by atoms with E-state index in [4.69, 9.17) is 9.15 Å². The van der Waals surface area contributed by atoms with Gasteiger partial charge in [-0.3, -0.25) is 4.90 Å². The van der Waals surface area contributed by atoms with Crippen LogP contribution >= 0.6 is 0 Å². The minimum absolute atomic E-state index is 0.250. The summed E-state index contributed by atoms with van der Waals surface area (Å²) in [5.41, 5.74) is 0.768. The van der Waals surface area contributed by atoms with E-state index in [1.54, 1.807) is 0 Å². The first kappa shape index (κ1) is 19.0. The van der Waals surface area contributed by atoms with Gasteiger partial charge in [-0.15, -0.1) is 0 Å². The first-order valence-corrected chi connectivity index (χ1v) is 10.1. The molecule has 7 nitrogen and oxygen atoms in total. The van der Waals surface area contributed by atoms with Crippen LogP contribution in [0.4, 0.5) is 0 Å². The molecule has 0 saturated carbocycles. The number of hydrogen-bond donors (Lipinski definition) is 1. The van der Waals surface area contributed by atoms with Crippen LogP contribution in [-0.4, -0.2) is 51.8 Å². The van der Waals surface area contributed by atoms with Crippen LogP contribution in [0.15, 0.2) is 10.5 Å². The van der Waals surface area contributed by atoms with Crippen molar-refractivity contribution in [1.82, 2.24) is 9.62 Å². The van der Waals surface area contributed by atoms with Gasteiger partial charge in [-0.1, -0.05) is 6.42 Å². The fourth-order valence-electron chi connectivity index (χ4n) is 3.13. The Bertz CT molecular complexity index is 668. The highest BCUT2D eigenvalue weighted by atomic mass is 32.2. The summed E-state index contributed by atoms with van der Waals surface area (Å²) < 4.78 is 35.3. The molecule has 1 aliphatic heterocycles. The van der Waals surface area contributed by atoms with E-state index in [0.29, 0.717) is 19.1 Å². The third-order valence-corrected chi connectivity index (χ3v) is 5.02. The number of furan rings is 1. The number of rotatable bonds is 7. The first-order chi connectivity index (χ1) is 11.3. The Morgan fingerprint density at radius 3 is 2.88 bits per heavy atom. The topological polar surface area (TPSA) is 88.8 Å². The van der Waals surface area contributed by atoms with Crippen molar-refractivity contribution in [3.8, 4) is 0 Å². The Hall–Kier alpha value is -1.38. The Kier molecular flexibility index (Phi) is 6.42. The molecule has 1 aromatic rings. The molecule has 24 heavy (non-hydrogen) atoms. The average Bonchev–Trinajstić information content (AvgIpc) is 2.87. The van der Waals surface area contributed by atoms with E-state index in [-0.39, 0.29) is 5.76 Å². The van der Waals surface area contributed by atoms with Crippen molar-refractivity contribution < 1.29 is 22.4 Å². The molecule has 0 bridgehead atoms. The molecule has 1 aliphatic rings. The number of nitrogens with one attached hydrogen (secondary N) is 1. The van der Waals surface area contributed by atoms with Gasteiger partial charge in [0.1, 0.15) is 5.76 Å². The quantitative estimate of drug-likeness (QED) is 0.746. The molecule has 1 N–H and O–H groups in total. The van der Waals surface area contributed by atoms with Gasteiger partial charge in [-0.25, -0.2) is 17.9 Å². The number of carbonyl (C=O) groups is 1. The van der Waals surface area contributed by atoms with Crippen LogP contribution in [0, 0.1) is 6.92 Å². The summed E-state index contributed by atoms with van der Waals surface area (Å²) in [6.45, 7) is 3.81. The van der Waals surface area contributed by atoms with E-state index in [1.165, 1.54) is 13.4 Å². The highest BCUT2D eigenvalue weighted by Gasteiger charge is 2.25. The van der Waals surface area contributed by atoms with Crippen LogP contribution in [0.1, 0.15) is 47.6 Å². The smallest absolute Gasteiger partial charge is 0.374 e. The number of ether oxygens (including phenoxy) is 1. The Balaban J connectivity index is 1.99. The number of hydrogen-bond acceptors (Lipinski definition) is 6. The second kappa shape index (κ2) is 8.13. The molecule has 0 spiro atoms. The standard InChI is InChI=1S/C16H26N2O5S/c1-12-10-14(23-15(12)16(19)22-2)11-18-9-5-4-6-13(18)7-8-17-24(3,20)21/h10,13,17H,4-9,11H2,1-3H3/t13-/m0/s1. The molecule has 2 rings (SSSR count). The van der Waals surface area contributed by atoms with E-state index < -0.39 is 16.0 Å². The number of esters is 1. The number of nitrogens with zero attached hydrogens (tertiary/aromatic N) is 1. The van der Waals surface area contributed by atoms with Gasteiger partial charge in [0, 0.05) is 18.2 Å². The zero-order valence-corrected chi connectivity index (χ0v) is 15.3. The van der Waals surface area contributed by atoms with Gasteiger partial charge >= 0.3 is 5.97 Å². The molecular formula is C16H26N2O5S. The zero-order chi connectivity index (χ0) is 17.7. The van der Waals surface area contributed by atoms with Gasteiger partial charge in [0.2, 0.25) is 15.8 Å². The largest absolute Gasteiger partial charge is 0.463 e. The molecule has 0 unspecified atom stereocenters. The molecular weight excluding hydrogens is 332 g/mol. The summed E-state index contributed by atoms with van der Waals surface area (Å²) >= 11 is 0. The lowest BCUT2D eigenvalue weighted by Gasteiger charge is -2.35. The summed E-state index contributed by atoms with van der Waals surface area (Å²) in [6, 6.07) is 2.17. The summed E-state index contributed by atoms with van der Waals surface area (Å²) in [5.74, 6) is 0.516. The van der Waals surface area contributed by atoms with Gasteiger partial charge in [0.05, 0.1) is 19.9 Å². The molecule has 0 radical (unpaired) electrons. The van der Waals surface area contributed by atoms with Crippen LogP contribution in [0.3, 0.4) is 0 Å². The molecule has 136 valence electrons. The van der Waals surface area contributed by atoms with Crippen LogP contribution in [-0.2, 0) is 21.3 Å². The molecule has 1 aromatic heterocycles. The summed E-state index contributed by atoms with van der Waals surface area (Å²) in [6.07, 6.45) is 5.22. The highest BCUT2D eigenvalue weighted by Crippen LogP contribution is 2.24. The second-order valence-electron chi connectivity index (χ2n) is 6.29. The third-order valence-electron chi connectivity index (χ3n) is 4.29. The van der Waals surface area contributed by atoms with E-state index in [0.717, 1.165) is 43.6 Å². The summed E-state index contributed by atoms with van der Waals surface area (Å²) in [4.78, 5) is 13.9. The number of sulfonamides is 1. The molecule has 1 fully saturated rings. The van der Waals surface area contributed by atoms with Gasteiger partial charge in [0.25, 0.3) is 0 Å². The van der Waals surface area contributed by atoms with E-state index in [9.17, 15) is 13.2 Å². The van der Waals surface area contributed by atoms with Crippen LogP contribution in [0.25, 0.3) is 0 Å². The van der Waals surface area contributed by atoms with Gasteiger partial charge < -0.3 is 9.15 Å². The Morgan fingerprint density at radius 2 is 2.21 bits per heavy atom. The summed E-state index contributed by atoms with van der Waals surface area (Å²) in [7, 11) is -1.82. The van der Waals surface area contributed by atoms with Crippen molar-refractivity contribution in [2.45, 2.75) is 45.2 Å². The lowest BCUT2D eigenvalue weighted by molar-refractivity contribution is 0.0557. The van der Waals surface area contributed by atoms with Crippen molar-refractivity contribution in [1.29, 1.82) is 0 Å². The normalized spacial score (nSPS) is 19.4. The van der Waals surface area contributed by atoms with E-state index in [1.807, 2.05) is 13.0 Å². The predicted molar refractivity (Wildman–Crippen MR) is 90.3 cm³/mol. The second-order valence-corrected chi connectivity index (χ2v) is 8.12. The van der Waals surface area contributed by atoms with Crippen molar-refractivity contribution in [3.63, 3.8) is 0 Å². The van der Waals surface area contributed by atoms with Crippen LogP contribution in [0.5, 0.6) is 0 Å². The summed E-state index contributed by atoms with van der Waals surface area (Å²) in [5, 5.41) is 0. The monoisotopic (exact) mass is 358 g/mol. The van der Waals surface area contributed by atoms with Crippen molar-refractivity contribution >= 4 is 16.0 Å². The lowest BCUT2D eigenvalue weighted by atomic mass is 9.99. The molecule has 8 heteroatoms. The number of piperidine rings is 1. The minimum Gasteiger partial charge on any atom is -0.463 e. The molecule has 0 aromatic carbocycles. The molecule has 1 saturated heterocycles. The fraction of sp³-hybridized carbons (Fsp3) is 0.688. The zero-order valence-electron chi connectivity index (χ0n) is 14.5. The van der Waals surface area contributed by atoms with Crippen molar-refractivity contribution in [2.24, 2.45) is 0 Å². The lowest BCUT2D eigenvalue weighted by Crippen LogP contribution is -2.41. The van der Waals surface area contributed by atoms with Gasteiger partial charge in [-0.2, -0.15) is 0 Å². The van der Waals surface area contributed by atoms with Crippen LogP contribution < -0.4 is 4.72 Å². The molecule has 1 atom stereocenters. The van der Waals surface area contributed by atoms with Crippen molar-refractivity contribution in [2.75, 3.05) is 26.5 Å². The predicted octanol–water partition coefficient (Wildman–Crippen LogP) is 1.67. The van der Waals surface area contributed by atoms with Gasteiger partial charge in [0.15, 0.2) is 0 Å². The maximum Gasteiger partial charge on any atom is 0.374 e. The number of carbonyl (C=O) groups excluding carboxylic acids is 1. The number of methoxy groups -OCH3 is 1. The fourth-order valence-corrected chi connectivity index (χ4v) is 3.62. The molecule has 0 aliphatic carbocycles. The van der Waals surface area contributed by atoms with Crippen LogP contribution in [0.2, 0.25) is 0 Å². The number of aryl methyl sites for hydroxylation is 1. The highest BCUT2D eigenvalue weighted by molar-refractivity contribution is 7.88. The minimum atomic E-state index is -3.15. The van der Waals surface area contributed by atoms with Crippen molar-refractivity contribution in [3.05, 3.63) is 23.2 Å². The van der Waals surface area contributed by atoms with E-state index >= 15 is 0 Å². The van der Waals surface area contributed by atoms with E-state index in [2.05, 4.69) is 9.62 Å².